The van der Waals surface area contributed by atoms with Gasteiger partial charge in [-0.2, -0.15) is 0 Å². The van der Waals surface area contributed by atoms with Crippen LogP contribution in [0.25, 0.3) is 0 Å². The molecule has 0 aliphatic carbocycles. The normalized spacial score (nSPS) is 17.5. The van der Waals surface area contributed by atoms with Crippen molar-refractivity contribution in [2.24, 2.45) is 5.92 Å². The van der Waals surface area contributed by atoms with Crippen LogP contribution in [-0.4, -0.2) is 27.0 Å². The molecule has 3 heterocycles. The Morgan fingerprint density at radius 1 is 1.45 bits per heavy atom. The van der Waals surface area contributed by atoms with Crippen molar-refractivity contribution in [3.8, 4) is 0 Å². The van der Waals surface area contributed by atoms with Crippen molar-refractivity contribution >= 4 is 5.91 Å². The Morgan fingerprint density at radius 2 is 2.40 bits per heavy atom. The van der Waals surface area contributed by atoms with E-state index in [9.17, 15) is 4.79 Å². The Bertz CT molecular complexity index is 579. The van der Waals surface area contributed by atoms with Gasteiger partial charge < -0.3 is 9.88 Å². The molecular weight excluding hydrogens is 252 g/mol. The van der Waals surface area contributed by atoms with Gasteiger partial charge in [0.2, 0.25) is 5.91 Å². The number of pyridine rings is 1. The summed E-state index contributed by atoms with van der Waals surface area (Å²) < 4.78 is 2.12. The maximum absolute atomic E-state index is 12.2. The van der Waals surface area contributed by atoms with Gasteiger partial charge in [-0.05, 0) is 18.6 Å². The summed E-state index contributed by atoms with van der Waals surface area (Å²) in [5.41, 5.74) is 2.16. The average molecular weight is 270 g/mol. The molecule has 1 unspecified atom stereocenters. The van der Waals surface area contributed by atoms with Crippen LogP contribution in [0.1, 0.15) is 17.8 Å². The van der Waals surface area contributed by atoms with E-state index in [1.165, 1.54) is 0 Å². The van der Waals surface area contributed by atoms with Gasteiger partial charge in [-0.25, -0.2) is 4.98 Å². The Kier molecular flexibility index (Phi) is 3.76. The minimum absolute atomic E-state index is 0.0722. The van der Waals surface area contributed by atoms with Gasteiger partial charge in [0.1, 0.15) is 0 Å². The zero-order chi connectivity index (χ0) is 13.8. The second-order valence-electron chi connectivity index (χ2n) is 5.13. The largest absolute Gasteiger partial charge is 0.355 e. The van der Waals surface area contributed by atoms with Gasteiger partial charge in [-0.15, -0.1) is 0 Å². The first kappa shape index (κ1) is 12.8. The third kappa shape index (κ3) is 2.87. The molecule has 0 radical (unpaired) electrons. The smallest absolute Gasteiger partial charge is 0.223 e. The molecule has 0 aromatic carbocycles. The average Bonchev–Trinajstić information content (AvgIpc) is 2.95. The molecule has 5 heteroatoms. The monoisotopic (exact) mass is 270 g/mol. The van der Waals surface area contributed by atoms with Gasteiger partial charge in [-0.3, -0.25) is 9.78 Å². The third-order valence-electron chi connectivity index (χ3n) is 3.75. The van der Waals surface area contributed by atoms with E-state index in [2.05, 4.69) is 19.9 Å². The fourth-order valence-electron chi connectivity index (χ4n) is 2.60. The lowest BCUT2D eigenvalue weighted by Crippen LogP contribution is -2.36. The van der Waals surface area contributed by atoms with Crippen LogP contribution in [-0.2, 0) is 24.2 Å². The lowest BCUT2D eigenvalue weighted by molar-refractivity contribution is -0.125. The van der Waals surface area contributed by atoms with Crippen LogP contribution in [0.3, 0.4) is 0 Å². The second kappa shape index (κ2) is 5.86. The summed E-state index contributed by atoms with van der Waals surface area (Å²) >= 11 is 0. The molecule has 1 amide bonds. The topological polar surface area (TPSA) is 59.8 Å². The summed E-state index contributed by atoms with van der Waals surface area (Å²) in [5, 5.41) is 3.02. The quantitative estimate of drug-likeness (QED) is 0.908. The molecule has 0 saturated carbocycles. The molecule has 104 valence electrons. The fraction of sp³-hybridized carbons (Fsp3) is 0.400. The van der Waals surface area contributed by atoms with Gasteiger partial charge in [0.25, 0.3) is 0 Å². The standard InChI is InChI=1S/C15H18N4O/c20-15(18-7-4-13-3-1-2-6-17-13)12-5-8-19-11-16-10-14(19)9-12/h1-3,6,10-12H,4-5,7-9H2,(H,18,20). The predicted octanol–water partition coefficient (Wildman–Crippen LogP) is 1.20. The number of nitrogens with one attached hydrogen (secondary N) is 1. The highest BCUT2D eigenvalue weighted by atomic mass is 16.1. The maximum Gasteiger partial charge on any atom is 0.223 e. The summed E-state index contributed by atoms with van der Waals surface area (Å²) in [4.78, 5) is 20.5. The lowest BCUT2D eigenvalue weighted by Gasteiger charge is -2.22. The number of hydrogen-bond acceptors (Lipinski definition) is 3. The fourth-order valence-corrected chi connectivity index (χ4v) is 2.60. The van der Waals surface area contributed by atoms with E-state index in [1.54, 1.807) is 6.20 Å². The van der Waals surface area contributed by atoms with Crippen molar-refractivity contribution in [1.82, 2.24) is 19.9 Å². The van der Waals surface area contributed by atoms with E-state index in [-0.39, 0.29) is 11.8 Å². The maximum atomic E-state index is 12.2. The minimum atomic E-state index is 0.0722. The molecule has 0 saturated heterocycles. The Hall–Kier alpha value is -2.17. The summed E-state index contributed by atoms with van der Waals surface area (Å²) in [6.07, 6.45) is 7.92. The molecule has 0 spiro atoms. The number of fused-ring (bicyclic) bond motifs is 1. The Balaban J connectivity index is 1.48. The number of carbonyl (C=O) groups excluding carboxylic acids is 1. The molecular formula is C15H18N4O. The van der Waals surface area contributed by atoms with E-state index in [4.69, 9.17) is 0 Å². The number of hydrogen-bond donors (Lipinski definition) is 1. The Morgan fingerprint density at radius 3 is 3.25 bits per heavy atom. The number of imidazole rings is 1. The number of nitrogens with zero attached hydrogens (tertiary/aromatic N) is 3. The summed E-state index contributed by atoms with van der Waals surface area (Å²) in [5.74, 6) is 0.219. The van der Waals surface area contributed by atoms with Gasteiger partial charge in [0.05, 0.1) is 6.33 Å². The van der Waals surface area contributed by atoms with Crippen LogP contribution < -0.4 is 5.32 Å². The molecule has 0 fully saturated rings. The number of amides is 1. The van der Waals surface area contributed by atoms with Crippen molar-refractivity contribution in [3.63, 3.8) is 0 Å². The molecule has 1 N–H and O–H groups in total. The molecule has 5 nitrogen and oxygen atoms in total. The zero-order valence-electron chi connectivity index (χ0n) is 11.3. The minimum Gasteiger partial charge on any atom is -0.355 e. The molecule has 1 atom stereocenters. The molecule has 0 bridgehead atoms. The first-order chi connectivity index (χ1) is 9.83. The van der Waals surface area contributed by atoms with E-state index >= 15 is 0 Å². The highest BCUT2D eigenvalue weighted by Gasteiger charge is 2.24. The highest BCUT2D eigenvalue weighted by molar-refractivity contribution is 5.79. The van der Waals surface area contributed by atoms with Crippen LogP contribution in [0.15, 0.2) is 36.9 Å². The highest BCUT2D eigenvalue weighted by Crippen LogP contribution is 2.19. The van der Waals surface area contributed by atoms with E-state index < -0.39 is 0 Å². The van der Waals surface area contributed by atoms with E-state index in [0.29, 0.717) is 6.54 Å². The number of aryl methyl sites for hydroxylation is 1. The van der Waals surface area contributed by atoms with Gasteiger partial charge in [0.15, 0.2) is 0 Å². The first-order valence-corrected chi connectivity index (χ1v) is 6.99. The molecule has 2 aromatic heterocycles. The van der Waals surface area contributed by atoms with E-state index in [1.807, 2.05) is 30.7 Å². The number of carbonyl (C=O) groups is 1. The van der Waals surface area contributed by atoms with Crippen LogP contribution in [0.2, 0.25) is 0 Å². The molecule has 20 heavy (non-hydrogen) atoms. The molecule has 1 aliphatic rings. The van der Waals surface area contributed by atoms with Gasteiger partial charge in [0, 0.05) is 55.6 Å². The van der Waals surface area contributed by atoms with Crippen LogP contribution >= 0.6 is 0 Å². The van der Waals surface area contributed by atoms with E-state index in [0.717, 1.165) is 37.2 Å². The van der Waals surface area contributed by atoms with Crippen molar-refractivity contribution in [2.45, 2.75) is 25.8 Å². The first-order valence-electron chi connectivity index (χ1n) is 6.99. The van der Waals surface area contributed by atoms with Crippen molar-refractivity contribution in [2.75, 3.05) is 6.54 Å². The zero-order valence-corrected chi connectivity index (χ0v) is 11.3. The second-order valence-corrected chi connectivity index (χ2v) is 5.13. The third-order valence-corrected chi connectivity index (χ3v) is 3.75. The van der Waals surface area contributed by atoms with Gasteiger partial charge >= 0.3 is 0 Å². The van der Waals surface area contributed by atoms with Crippen molar-refractivity contribution in [3.05, 3.63) is 48.3 Å². The SMILES string of the molecule is O=C(NCCc1ccccn1)C1CCn2cncc2C1. The number of aromatic nitrogens is 3. The summed E-state index contributed by atoms with van der Waals surface area (Å²) in [6.45, 7) is 1.53. The van der Waals surface area contributed by atoms with Crippen molar-refractivity contribution in [1.29, 1.82) is 0 Å². The van der Waals surface area contributed by atoms with Gasteiger partial charge in [-0.1, -0.05) is 6.07 Å². The molecule has 3 rings (SSSR count). The summed E-state index contributed by atoms with van der Waals surface area (Å²) in [7, 11) is 0. The predicted molar refractivity (Wildman–Crippen MR) is 75.0 cm³/mol. The number of rotatable bonds is 4. The van der Waals surface area contributed by atoms with Crippen LogP contribution in [0.5, 0.6) is 0 Å². The molecule has 1 aliphatic heterocycles. The van der Waals surface area contributed by atoms with Crippen LogP contribution in [0.4, 0.5) is 0 Å². The lowest BCUT2D eigenvalue weighted by atomic mass is 9.95. The van der Waals surface area contributed by atoms with Crippen molar-refractivity contribution < 1.29 is 4.79 Å². The van der Waals surface area contributed by atoms with Crippen LogP contribution in [0, 0.1) is 5.92 Å². The Labute approximate surface area is 118 Å². The summed E-state index contributed by atoms with van der Waals surface area (Å²) in [6, 6.07) is 5.84. The molecule has 2 aromatic rings.